The highest BCUT2D eigenvalue weighted by molar-refractivity contribution is 7.89. The van der Waals surface area contributed by atoms with Crippen molar-refractivity contribution in [2.75, 3.05) is 18.5 Å². The van der Waals surface area contributed by atoms with Crippen LogP contribution in [0.5, 0.6) is 11.5 Å². The Kier molecular flexibility index (Phi) is 5.16. The monoisotopic (exact) mass is 447 g/mol. The number of carbonyl (C=O) groups excluding carboxylic acids is 1. The molecule has 0 unspecified atom stereocenters. The minimum absolute atomic E-state index is 0.0968. The Morgan fingerprint density at radius 1 is 1.07 bits per heavy atom. The fraction of sp³-hybridized carbons (Fsp3) is 0.300. The number of hydrogen-bond acceptors (Lipinski definition) is 7. The zero-order valence-electron chi connectivity index (χ0n) is 16.7. The van der Waals surface area contributed by atoms with E-state index in [1.807, 2.05) is 6.07 Å². The van der Waals surface area contributed by atoms with Crippen molar-refractivity contribution in [3.05, 3.63) is 42.0 Å². The van der Waals surface area contributed by atoms with E-state index in [9.17, 15) is 13.2 Å². The summed E-state index contributed by atoms with van der Waals surface area (Å²) in [4.78, 5) is 17.1. The van der Waals surface area contributed by atoms with Gasteiger partial charge in [0, 0.05) is 23.2 Å². The van der Waals surface area contributed by atoms with Crippen molar-refractivity contribution < 1.29 is 22.7 Å². The van der Waals surface area contributed by atoms with Crippen molar-refractivity contribution in [1.29, 1.82) is 0 Å². The SMILES string of the molecule is CC(C)(C)NS(=O)(=O)c1ccc(C(=O)Nc2nc3cc4c(cc3s2)OCCO4)cc1. The smallest absolute Gasteiger partial charge is 0.257 e. The molecule has 30 heavy (non-hydrogen) atoms. The molecular weight excluding hydrogens is 426 g/mol. The zero-order chi connectivity index (χ0) is 21.5. The second kappa shape index (κ2) is 7.53. The average molecular weight is 448 g/mol. The van der Waals surface area contributed by atoms with E-state index in [-0.39, 0.29) is 10.8 Å². The van der Waals surface area contributed by atoms with Crippen molar-refractivity contribution in [3.8, 4) is 11.5 Å². The van der Waals surface area contributed by atoms with Crippen molar-refractivity contribution in [3.63, 3.8) is 0 Å². The number of aromatic nitrogens is 1. The molecule has 1 aliphatic rings. The second-order valence-electron chi connectivity index (χ2n) is 7.82. The quantitative estimate of drug-likeness (QED) is 0.635. The number of anilines is 1. The van der Waals surface area contributed by atoms with Crippen LogP contribution in [0.15, 0.2) is 41.3 Å². The summed E-state index contributed by atoms with van der Waals surface area (Å²) in [5.74, 6) is 0.924. The lowest BCUT2D eigenvalue weighted by molar-refractivity contribution is 0.102. The molecule has 0 saturated heterocycles. The van der Waals surface area contributed by atoms with Crippen LogP contribution in [0.1, 0.15) is 31.1 Å². The topological polar surface area (TPSA) is 107 Å². The summed E-state index contributed by atoms with van der Waals surface area (Å²) in [5, 5.41) is 3.19. The van der Waals surface area contributed by atoms with Crippen molar-refractivity contribution in [2.24, 2.45) is 0 Å². The van der Waals surface area contributed by atoms with Gasteiger partial charge in [-0.1, -0.05) is 11.3 Å². The van der Waals surface area contributed by atoms with Gasteiger partial charge in [0.25, 0.3) is 5.91 Å². The van der Waals surface area contributed by atoms with E-state index in [0.717, 1.165) is 4.70 Å². The van der Waals surface area contributed by atoms with Crippen LogP contribution in [0.25, 0.3) is 10.2 Å². The Hall–Kier alpha value is -2.69. The van der Waals surface area contributed by atoms with Crippen LogP contribution in [-0.2, 0) is 10.0 Å². The van der Waals surface area contributed by atoms with E-state index in [1.165, 1.54) is 35.6 Å². The third kappa shape index (κ3) is 4.40. The molecule has 10 heteroatoms. The van der Waals surface area contributed by atoms with Crippen LogP contribution in [0.4, 0.5) is 5.13 Å². The molecule has 0 bridgehead atoms. The Bertz CT molecular complexity index is 1170. The van der Waals surface area contributed by atoms with Gasteiger partial charge >= 0.3 is 0 Å². The molecule has 2 heterocycles. The summed E-state index contributed by atoms with van der Waals surface area (Å²) in [6.07, 6.45) is 0. The highest BCUT2D eigenvalue weighted by Crippen LogP contribution is 2.37. The van der Waals surface area contributed by atoms with Gasteiger partial charge in [-0.15, -0.1) is 0 Å². The molecule has 0 aliphatic carbocycles. The molecule has 8 nitrogen and oxygen atoms in total. The van der Waals surface area contributed by atoms with Gasteiger partial charge in [-0.3, -0.25) is 10.1 Å². The summed E-state index contributed by atoms with van der Waals surface area (Å²) in [6, 6.07) is 9.39. The minimum Gasteiger partial charge on any atom is -0.486 e. The molecule has 1 aliphatic heterocycles. The number of nitrogens with zero attached hydrogens (tertiary/aromatic N) is 1. The molecule has 1 aromatic heterocycles. The number of benzene rings is 2. The first-order valence-electron chi connectivity index (χ1n) is 9.26. The molecule has 2 N–H and O–H groups in total. The van der Waals surface area contributed by atoms with Crippen molar-refractivity contribution in [2.45, 2.75) is 31.2 Å². The largest absolute Gasteiger partial charge is 0.486 e. The number of ether oxygens (including phenoxy) is 2. The van der Waals surface area contributed by atoms with Crippen LogP contribution in [-0.4, -0.2) is 38.1 Å². The molecule has 0 saturated carbocycles. The Balaban J connectivity index is 1.51. The summed E-state index contributed by atoms with van der Waals surface area (Å²) < 4.78 is 39.4. The van der Waals surface area contributed by atoms with E-state index in [2.05, 4.69) is 15.0 Å². The number of rotatable bonds is 4. The maximum atomic E-state index is 12.6. The molecule has 4 rings (SSSR count). The van der Waals surface area contributed by atoms with Crippen LogP contribution in [0.2, 0.25) is 0 Å². The molecule has 0 atom stereocenters. The molecule has 2 aromatic carbocycles. The first kappa shape index (κ1) is 20.6. The summed E-state index contributed by atoms with van der Waals surface area (Å²) in [7, 11) is -3.66. The summed E-state index contributed by atoms with van der Waals surface area (Å²) >= 11 is 1.32. The lowest BCUT2D eigenvalue weighted by atomic mass is 10.1. The number of thiazole rings is 1. The Labute approximate surface area is 178 Å². The molecule has 0 fully saturated rings. The maximum Gasteiger partial charge on any atom is 0.257 e. The number of fused-ring (bicyclic) bond motifs is 2. The third-order valence-electron chi connectivity index (χ3n) is 4.14. The summed E-state index contributed by atoms with van der Waals surface area (Å²) in [6.45, 7) is 6.28. The van der Waals surface area contributed by atoms with Crippen molar-refractivity contribution >= 4 is 42.6 Å². The predicted octanol–water partition coefficient (Wildman–Crippen LogP) is 3.40. The second-order valence-corrected chi connectivity index (χ2v) is 10.5. The van der Waals surface area contributed by atoms with Gasteiger partial charge in [-0.05, 0) is 45.0 Å². The number of nitrogens with one attached hydrogen (secondary N) is 2. The first-order chi connectivity index (χ1) is 14.1. The fourth-order valence-corrected chi connectivity index (χ4v) is 5.22. The van der Waals surface area contributed by atoms with E-state index in [1.54, 1.807) is 26.8 Å². The van der Waals surface area contributed by atoms with E-state index in [4.69, 9.17) is 9.47 Å². The molecular formula is C20H21N3O5S2. The molecule has 0 radical (unpaired) electrons. The van der Waals surface area contributed by atoms with Crippen LogP contribution < -0.4 is 19.5 Å². The first-order valence-corrected chi connectivity index (χ1v) is 11.6. The molecule has 0 spiro atoms. The van der Waals surface area contributed by atoms with Gasteiger partial charge in [0.15, 0.2) is 16.6 Å². The van der Waals surface area contributed by atoms with E-state index >= 15 is 0 Å². The minimum atomic E-state index is -3.66. The Morgan fingerprint density at radius 2 is 1.70 bits per heavy atom. The number of carbonyl (C=O) groups is 1. The van der Waals surface area contributed by atoms with Gasteiger partial charge in [0.1, 0.15) is 13.2 Å². The lowest BCUT2D eigenvalue weighted by Crippen LogP contribution is -2.40. The highest BCUT2D eigenvalue weighted by Gasteiger charge is 2.22. The van der Waals surface area contributed by atoms with Gasteiger partial charge in [-0.2, -0.15) is 0 Å². The lowest BCUT2D eigenvalue weighted by Gasteiger charge is -2.20. The van der Waals surface area contributed by atoms with E-state index in [0.29, 0.717) is 40.9 Å². The summed E-state index contributed by atoms with van der Waals surface area (Å²) in [5.41, 5.74) is 0.431. The molecule has 1 amide bonds. The molecule has 158 valence electrons. The zero-order valence-corrected chi connectivity index (χ0v) is 18.3. The average Bonchev–Trinajstić information content (AvgIpc) is 3.05. The highest BCUT2D eigenvalue weighted by atomic mass is 32.2. The Morgan fingerprint density at radius 3 is 2.33 bits per heavy atom. The standard InChI is InChI=1S/C20H21N3O5S2/c1-20(2,3)23-30(25,26)13-6-4-12(5-7-13)18(24)22-19-21-14-10-15-16(11-17(14)29-19)28-9-8-27-15/h4-7,10-11,23H,8-9H2,1-3H3,(H,21,22,24). The van der Waals surface area contributed by atoms with E-state index < -0.39 is 15.6 Å². The van der Waals surface area contributed by atoms with Gasteiger partial charge in [0.2, 0.25) is 10.0 Å². The normalized spacial score (nSPS) is 14.0. The number of hydrogen-bond donors (Lipinski definition) is 2. The van der Waals surface area contributed by atoms with Crippen molar-refractivity contribution in [1.82, 2.24) is 9.71 Å². The van der Waals surface area contributed by atoms with Gasteiger partial charge < -0.3 is 9.47 Å². The fourth-order valence-electron chi connectivity index (χ4n) is 2.94. The maximum absolute atomic E-state index is 12.6. The number of amides is 1. The third-order valence-corrected chi connectivity index (χ3v) is 6.85. The van der Waals surface area contributed by atoms with Crippen LogP contribution in [0, 0.1) is 0 Å². The number of sulfonamides is 1. The van der Waals surface area contributed by atoms with Gasteiger partial charge in [-0.25, -0.2) is 18.1 Å². The molecule has 3 aromatic rings. The van der Waals surface area contributed by atoms with Gasteiger partial charge in [0.05, 0.1) is 15.1 Å². The van der Waals surface area contributed by atoms with Crippen LogP contribution >= 0.6 is 11.3 Å². The van der Waals surface area contributed by atoms with Crippen LogP contribution in [0.3, 0.4) is 0 Å². The predicted molar refractivity (Wildman–Crippen MR) is 115 cm³/mol.